The molecule has 0 spiro atoms. The number of para-hydroxylation sites is 1. The summed E-state index contributed by atoms with van der Waals surface area (Å²) in [6.07, 6.45) is 2.39. The highest BCUT2D eigenvalue weighted by Gasteiger charge is 2.68. The SMILES string of the molecule is CNCc1cccc(C(=O)NC(Cc2cccc(C(=O)OC(C)(C)C)c2OC)B2OC3CC4CC(C4(C)C)C3(C)O2)c1. The number of benzene rings is 2. The first kappa shape index (κ1) is 30.6. The predicted octanol–water partition coefficient (Wildman–Crippen LogP) is 4.98. The molecule has 1 heterocycles. The van der Waals surface area contributed by atoms with Crippen molar-refractivity contribution in [1.29, 1.82) is 0 Å². The first-order valence-corrected chi connectivity index (χ1v) is 15.0. The zero-order valence-electron chi connectivity index (χ0n) is 26.2. The molecule has 9 heteroatoms. The minimum absolute atomic E-state index is 0.0346. The Labute approximate surface area is 250 Å². The van der Waals surface area contributed by atoms with E-state index in [4.69, 9.17) is 18.8 Å². The molecule has 8 nitrogen and oxygen atoms in total. The number of methoxy groups -OCH3 is 1. The summed E-state index contributed by atoms with van der Waals surface area (Å²) in [5.41, 5.74) is 1.79. The molecule has 0 aromatic heterocycles. The van der Waals surface area contributed by atoms with Gasteiger partial charge in [0.15, 0.2) is 0 Å². The fraction of sp³-hybridized carbons (Fsp3) is 0.576. The van der Waals surface area contributed by atoms with Crippen LogP contribution in [0.25, 0.3) is 0 Å². The van der Waals surface area contributed by atoms with Crippen molar-refractivity contribution in [3.8, 4) is 5.75 Å². The van der Waals surface area contributed by atoms with E-state index >= 15 is 0 Å². The van der Waals surface area contributed by atoms with E-state index in [1.165, 1.54) is 0 Å². The van der Waals surface area contributed by atoms with Crippen LogP contribution in [0.5, 0.6) is 5.75 Å². The van der Waals surface area contributed by atoms with Crippen LogP contribution in [0, 0.1) is 17.3 Å². The lowest BCUT2D eigenvalue weighted by molar-refractivity contribution is -0.199. The second-order valence-corrected chi connectivity index (χ2v) is 13.9. The van der Waals surface area contributed by atoms with Crippen LogP contribution in [-0.4, -0.2) is 56.4 Å². The number of carbonyl (C=O) groups is 2. The minimum atomic E-state index is -0.658. The fourth-order valence-corrected chi connectivity index (χ4v) is 7.28. The summed E-state index contributed by atoms with van der Waals surface area (Å²) in [4.78, 5) is 26.7. The first-order chi connectivity index (χ1) is 19.8. The number of ether oxygens (including phenoxy) is 2. The highest BCUT2D eigenvalue weighted by Crippen LogP contribution is 2.65. The third-order valence-corrected chi connectivity index (χ3v) is 9.54. The van der Waals surface area contributed by atoms with Crippen molar-refractivity contribution in [2.24, 2.45) is 17.3 Å². The number of hydrogen-bond donors (Lipinski definition) is 2. The zero-order valence-corrected chi connectivity index (χ0v) is 26.2. The van der Waals surface area contributed by atoms with Crippen LogP contribution in [0.2, 0.25) is 0 Å². The van der Waals surface area contributed by atoms with Crippen LogP contribution in [0.1, 0.15) is 86.2 Å². The molecule has 1 amide bonds. The Morgan fingerprint density at radius 3 is 2.52 bits per heavy atom. The minimum Gasteiger partial charge on any atom is -0.496 e. The average Bonchev–Trinajstić information content (AvgIpc) is 3.29. The Morgan fingerprint density at radius 2 is 1.86 bits per heavy atom. The van der Waals surface area contributed by atoms with Crippen molar-refractivity contribution in [3.05, 3.63) is 64.7 Å². The molecule has 2 aromatic carbocycles. The topological polar surface area (TPSA) is 95.1 Å². The Morgan fingerprint density at radius 1 is 1.12 bits per heavy atom. The van der Waals surface area contributed by atoms with Crippen molar-refractivity contribution >= 4 is 19.0 Å². The van der Waals surface area contributed by atoms with E-state index in [0.29, 0.717) is 41.7 Å². The van der Waals surface area contributed by atoms with Gasteiger partial charge in [-0.2, -0.15) is 0 Å². The summed E-state index contributed by atoms with van der Waals surface area (Å²) < 4.78 is 24.9. The highest BCUT2D eigenvalue weighted by molar-refractivity contribution is 6.48. The summed E-state index contributed by atoms with van der Waals surface area (Å²) >= 11 is 0. The lowest BCUT2D eigenvalue weighted by Gasteiger charge is -2.64. The summed E-state index contributed by atoms with van der Waals surface area (Å²) in [6, 6.07) is 13.0. The molecule has 2 aromatic rings. The molecule has 4 aliphatic rings. The van der Waals surface area contributed by atoms with Gasteiger partial charge in [-0.3, -0.25) is 4.79 Å². The lowest BCUT2D eigenvalue weighted by Crippen LogP contribution is -2.65. The lowest BCUT2D eigenvalue weighted by atomic mass is 9.43. The van der Waals surface area contributed by atoms with Gasteiger partial charge in [-0.15, -0.1) is 0 Å². The van der Waals surface area contributed by atoms with Crippen LogP contribution in [-0.2, 0) is 27.0 Å². The third-order valence-electron chi connectivity index (χ3n) is 9.54. The standard InChI is InChI=1S/C33H45BN2O6/c1-31(2,3)40-30(38)24-14-10-12-21(28(24)39-8)16-27(36-29(37)22-13-9-11-20(15-22)19-35-7)34-41-26-18-23-17-25(32(23,4)5)33(26,6)42-34/h9-15,23,25-27,35H,16-19H2,1-8H3,(H,36,37). The summed E-state index contributed by atoms with van der Waals surface area (Å²) in [5.74, 6) is 0.215. The second-order valence-electron chi connectivity index (χ2n) is 13.9. The van der Waals surface area contributed by atoms with E-state index in [0.717, 1.165) is 24.0 Å². The smallest absolute Gasteiger partial charge is 0.482 e. The number of esters is 1. The van der Waals surface area contributed by atoms with Crippen LogP contribution < -0.4 is 15.4 Å². The van der Waals surface area contributed by atoms with E-state index in [2.05, 4.69) is 31.4 Å². The molecule has 0 radical (unpaired) electrons. The van der Waals surface area contributed by atoms with E-state index in [1.54, 1.807) is 13.2 Å². The molecule has 226 valence electrons. The Bertz CT molecular complexity index is 1340. The molecule has 6 rings (SSSR count). The molecule has 1 aliphatic heterocycles. The molecule has 5 atom stereocenters. The highest BCUT2D eigenvalue weighted by atomic mass is 16.7. The molecule has 5 unspecified atom stereocenters. The van der Waals surface area contributed by atoms with Gasteiger partial charge in [0, 0.05) is 12.1 Å². The third kappa shape index (κ3) is 5.71. The van der Waals surface area contributed by atoms with Gasteiger partial charge in [-0.05, 0) is 101 Å². The van der Waals surface area contributed by atoms with E-state index in [9.17, 15) is 9.59 Å². The molecular formula is C33H45BN2O6. The quantitative estimate of drug-likeness (QED) is 0.321. The van der Waals surface area contributed by atoms with E-state index in [1.807, 2.05) is 64.2 Å². The van der Waals surface area contributed by atoms with Crippen LogP contribution in [0.3, 0.4) is 0 Å². The summed E-state index contributed by atoms with van der Waals surface area (Å²) in [7, 11) is 2.76. The van der Waals surface area contributed by atoms with Gasteiger partial charge in [0.1, 0.15) is 16.9 Å². The van der Waals surface area contributed by atoms with Crippen molar-refractivity contribution < 1.29 is 28.4 Å². The number of carbonyl (C=O) groups excluding carboxylic acids is 2. The van der Waals surface area contributed by atoms with Crippen molar-refractivity contribution in [3.63, 3.8) is 0 Å². The molecule has 1 saturated heterocycles. The van der Waals surface area contributed by atoms with Crippen LogP contribution in [0.15, 0.2) is 42.5 Å². The number of amides is 1. The normalized spacial score (nSPS) is 26.6. The van der Waals surface area contributed by atoms with Crippen molar-refractivity contribution in [2.75, 3.05) is 14.2 Å². The molecule has 42 heavy (non-hydrogen) atoms. The molecule has 4 fully saturated rings. The van der Waals surface area contributed by atoms with Crippen LogP contribution >= 0.6 is 0 Å². The molecule has 2 N–H and O–H groups in total. The Hall–Kier alpha value is -2.88. The van der Waals surface area contributed by atoms with Gasteiger partial charge < -0.3 is 29.4 Å². The molecule has 2 bridgehead atoms. The first-order valence-electron chi connectivity index (χ1n) is 15.0. The van der Waals surface area contributed by atoms with E-state index in [-0.39, 0.29) is 17.4 Å². The van der Waals surface area contributed by atoms with Crippen LogP contribution in [0.4, 0.5) is 0 Å². The molecule has 3 saturated carbocycles. The van der Waals surface area contributed by atoms with Crippen molar-refractivity contribution in [2.45, 2.75) is 90.6 Å². The van der Waals surface area contributed by atoms with Gasteiger partial charge in [0.05, 0.1) is 24.8 Å². The van der Waals surface area contributed by atoms with Gasteiger partial charge >= 0.3 is 13.1 Å². The summed E-state index contributed by atoms with van der Waals surface area (Å²) in [5, 5.41) is 6.36. The van der Waals surface area contributed by atoms with Gasteiger partial charge in [0.2, 0.25) is 0 Å². The number of rotatable bonds is 9. The van der Waals surface area contributed by atoms with Gasteiger partial charge in [-0.1, -0.05) is 38.1 Å². The zero-order chi connectivity index (χ0) is 30.4. The Balaban J connectivity index is 1.46. The largest absolute Gasteiger partial charge is 0.496 e. The van der Waals surface area contributed by atoms with Crippen molar-refractivity contribution in [1.82, 2.24) is 10.6 Å². The number of nitrogens with one attached hydrogen (secondary N) is 2. The average molecular weight is 577 g/mol. The van der Waals surface area contributed by atoms with Gasteiger partial charge in [-0.25, -0.2) is 4.79 Å². The monoisotopic (exact) mass is 576 g/mol. The van der Waals surface area contributed by atoms with E-state index < -0.39 is 30.2 Å². The summed E-state index contributed by atoms with van der Waals surface area (Å²) in [6.45, 7) is 13.0. The van der Waals surface area contributed by atoms with Gasteiger partial charge in [0.25, 0.3) is 5.91 Å². The molecular weight excluding hydrogens is 531 g/mol. The molecule has 3 aliphatic carbocycles. The Kier molecular flexibility index (Phi) is 8.24. The number of hydrogen-bond acceptors (Lipinski definition) is 7. The maximum absolute atomic E-state index is 13.7. The fourth-order valence-electron chi connectivity index (χ4n) is 7.28. The maximum Gasteiger partial charge on any atom is 0.482 e. The predicted molar refractivity (Wildman–Crippen MR) is 162 cm³/mol. The maximum atomic E-state index is 13.7. The second kappa shape index (κ2) is 11.3.